The van der Waals surface area contributed by atoms with Crippen molar-refractivity contribution < 1.29 is 130 Å². The van der Waals surface area contributed by atoms with E-state index in [4.69, 9.17) is 4.74 Å². The largest absolute Gasteiger partial charge is 1.00 e. The van der Waals surface area contributed by atoms with Gasteiger partial charge < -0.3 is 18.6 Å². The summed E-state index contributed by atoms with van der Waals surface area (Å²) in [6.07, 6.45) is 0. The summed E-state index contributed by atoms with van der Waals surface area (Å²) < 4.78 is 43.6. The second-order valence-corrected chi connectivity index (χ2v) is 7.32. The molecule has 0 aromatic heterocycles. The van der Waals surface area contributed by atoms with Crippen LogP contribution in [0.3, 0.4) is 0 Å². The molecule has 0 N–H and O–H groups in total. The van der Waals surface area contributed by atoms with E-state index in [1.54, 1.807) is 42.5 Å². The molecule has 0 heterocycles. The zero-order valence-corrected chi connectivity index (χ0v) is 24.5. The number of rotatable bonds is 5. The molecule has 3 rings (SSSR count). The SMILES string of the molecule is COc1ccccc1N=C([O-])c1cc2cc(Br)ccc2cc1OS(=O)(=O)[O-].[K+].[K+]. The quantitative estimate of drug-likeness (QED) is 0.114. The van der Waals surface area contributed by atoms with Crippen molar-refractivity contribution in [2.24, 2.45) is 4.99 Å². The fourth-order valence-corrected chi connectivity index (χ4v) is 3.22. The van der Waals surface area contributed by atoms with E-state index in [1.807, 2.05) is 0 Å². The molecule has 0 spiro atoms. The van der Waals surface area contributed by atoms with Crippen LogP contribution in [-0.4, -0.2) is 26.0 Å². The average Bonchev–Trinajstić information content (AvgIpc) is 2.60. The van der Waals surface area contributed by atoms with E-state index in [9.17, 15) is 18.1 Å². The minimum Gasteiger partial charge on any atom is -0.858 e. The summed E-state index contributed by atoms with van der Waals surface area (Å²) in [6.45, 7) is 0. The maximum atomic E-state index is 12.7. The number of hydrogen-bond donors (Lipinski definition) is 0. The second kappa shape index (κ2) is 12.0. The summed E-state index contributed by atoms with van der Waals surface area (Å²) >= 11 is 3.33. The van der Waals surface area contributed by atoms with Gasteiger partial charge >= 0.3 is 103 Å². The molecule has 0 unspecified atom stereocenters. The summed E-state index contributed by atoms with van der Waals surface area (Å²) in [5.41, 5.74) is 0.0983. The number of halogens is 1. The van der Waals surface area contributed by atoms with Gasteiger partial charge in [-0.2, -0.15) is 0 Å². The number of fused-ring (bicyclic) bond motifs is 1. The molecule has 0 aliphatic heterocycles. The van der Waals surface area contributed by atoms with Gasteiger partial charge in [0.25, 0.3) is 10.4 Å². The average molecular weight is 528 g/mol. The van der Waals surface area contributed by atoms with Gasteiger partial charge in [-0.15, -0.1) is 0 Å². The van der Waals surface area contributed by atoms with E-state index in [-0.39, 0.29) is 120 Å². The molecule has 0 amide bonds. The van der Waals surface area contributed by atoms with Crippen molar-refractivity contribution in [2.75, 3.05) is 7.11 Å². The number of para-hydroxylation sites is 2. The molecule has 0 aliphatic rings. The molecule has 140 valence electrons. The first-order valence-corrected chi connectivity index (χ1v) is 9.67. The topological polar surface area (TPSA) is 111 Å². The zero-order valence-electron chi connectivity index (χ0n) is 15.9. The fourth-order valence-electron chi connectivity index (χ4n) is 2.49. The van der Waals surface area contributed by atoms with Crippen LogP contribution in [0, 0.1) is 0 Å². The zero-order chi connectivity index (χ0) is 19.6. The molecular formula is C18H12BrK2NO6S. The molecule has 29 heavy (non-hydrogen) atoms. The molecule has 0 saturated carbocycles. The maximum Gasteiger partial charge on any atom is 1.00 e. The van der Waals surface area contributed by atoms with Crippen LogP contribution in [0.2, 0.25) is 0 Å². The van der Waals surface area contributed by atoms with Crippen molar-refractivity contribution in [3.05, 3.63) is 64.6 Å². The molecule has 11 heteroatoms. The molecule has 0 aliphatic carbocycles. The third-order valence-electron chi connectivity index (χ3n) is 3.63. The second-order valence-electron chi connectivity index (χ2n) is 5.42. The normalized spacial score (nSPS) is 11.3. The van der Waals surface area contributed by atoms with Crippen molar-refractivity contribution in [3.8, 4) is 11.5 Å². The number of hydrogen-bond acceptors (Lipinski definition) is 7. The van der Waals surface area contributed by atoms with Crippen molar-refractivity contribution in [2.45, 2.75) is 0 Å². The third kappa shape index (κ3) is 7.63. The Balaban J connectivity index is 0.00000210. The summed E-state index contributed by atoms with van der Waals surface area (Å²) in [4.78, 5) is 3.97. The Morgan fingerprint density at radius 2 is 1.69 bits per heavy atom. The molecule has 0 fully saturated rings. The molecule has 7 nitrogen and oxygen atoms in total. The van der Waals surface area contributed by atoms with E-state index in [0.29, 0.717) is 16.5 Å². The summed E-state index contributed by atoms with van der Waals surface area (Å²) in [5.74, 6) is -0.795. The van der Waals surface area contributed by atoms with E-state index >= 15 is 0 Å². The molecule has 0 bridgehead atoms. The first kappa shape index (κ1) is 27.7. The van der Waals surface area contributed by atoms with Crippen molar-refractivity contribution in [1.29, 1.82) is 0 Å². The number of methoxy groups -OCH3 is 1. The van der Waals surface area contributed by atoms with E-state index in [2.05, 4.69) is 25.1 Å². The van der Waals surface area contributed by atoms with Gasteiger partial charge in [-0.1, -0.05) is 34.1 Å². The standard InChI is InChI=1S/C18H14BrNO6S.2K/c1-25-16-5-3-2-4-15(16)20-18(21)14-9-12-8-13(19)7-6-11(12)10-17(14)26-27(22,23)24;;/h2-10H,1H3,(H,20,21)(H,22,23,24);;/q;2*+1/p-2. The smallest absolute Gasteiger partial charge is 0.858 e. The van der Waals surface area contributed by atoms with Crippen LogP contribution in [-0.2, 0) is 10.4 Å². The van der Waals surface area contributed by atoms with Gasteiger partial charge in [0.05, 0.1) is 7.11 Å². The van der Waals surface area contributed by atoms with Crippen molar-refractivity contribution in [1.82, 2.24) is 0 Å². The van der Waals surface area contributed by atoms with Gasteiger partial charge in [0.2, 0.25) is 0 Å². The van der Waals surface area contributed by atoms with Gasteiger partial charge in [0.15, 0.2) is 0 Å². The molecule has 3 aromatic carbocycles. The Hall–Kier alpha value is 0.653. The number of aliphatic imine (C=N–C) groups is 1. The van der Waals surface area contributed by atoms with Crippen LogP contribution >= 0.6 is 15.9 Å². The number of benzene rings is 3. The van der Waals surface area contributed by atoms with Crippen LogP contribution in [0.1, 0.15) is 5.56 Å². The van der Waals surface area contributed by atoms with Crippen molar-refractivity contribution in [3.63, 3.8) is 0 Å². The van der Waals surface area contributed by atoms with Crippen LogP contribution in [0.25, 0.3) is 10.8 Å². The minimum atomic E-state index is -5.07. The van der Waals surface area contributed by atoms with Gasteiger partial charge in [-0.05, 0) is 53.1 Å². The monoisotopic (exact) mass is 527 g/mol. The Bertz CT molecular complexity index is 1150. The molecule has 0 radical (unpaired) electrons. The Kier molecular flexibility index (Phi) is 11.5. The van der Waals surface area contributed by atoms with Gasteiger partial charge in [-0.25, -0.2) is 8.42 Å². The maximum absolute atomic E-state index is 12.7. The first-order valence-electron chi connectivity index (χ1n) is 7.54. The predicted octanol–water partition coefficient (Wildman–Crippen LogP) is -3.10. The Labute approximate surface area is 261 Å². The first-order chi connectivity index (χ1) is 12.8. The number of ether oxygens (including phenoxy) is 1. The molecular weight excluding hydrogens is 516 g/mol. The van der Waals surface area contributed by atoms with Crippen LogP contribution in [0.5, 0.6) is 11.5 Å². The predicted molar refractivity (Wildman–Crippen MR) is 101 cm³/mol. The Morgan fingerprint density at radius 1 is 1.00 bits per heavy atom. The van der Waals surface area contributed by atoms with Crippen LogP contribution in [0.15, 0.2) is 64.1 Å². The molecule has 0 saturated heterocycles. The summed E-state index contributed by atoms with van der Waals surface area (Å²) in [7, 11) is -3.64. The number of nitrogens with zero attached hydrogens (tertiary/aromatic N) is 1. The van der Waals surface area contributed by atoms with Gasteiger partial charge in [0, 0.05) is 10.0 Å². The fraction of sp³-hybridized carbons (Fsp3) is 0.0556. The van der Waals surface area contributed by atoms with Crippen molar-refractivity contribution >= 4 is 48.7 Å². The molecule has 3 aromatic rings. The molecule has 0 atom stereocenters. The van der Waals surface area contributed by atoms with E-state index in [1.165, 1.54) is 19.2 Å². The van der Waals surface area contributed by atoms with Crippen LogP contribution in [0.4, 0.5) is 5.69 Å². The van der Waals surface area contributed by atoms with E-state index < -0.39 is 16.3 Å². The van der Waals surface area contributed by atoms with Crippen LogP contribution < -0.4 is 117 Å². The minimum absolute atomic E-state index is 0. The van der Waals surface area contributed by atoms with E-state index in [0.717, 1.165) is 4.47 Å². The van der Waals surface area contributed by atoms with Gasteiger partial charge in [-0.3, -0.25) is 4.99 Å². The summed E-state index contributed by atoms with van der Waals surface area (Å²) in [5, 5.41) is 13.9. The Morgan fingerprint density at radius 3 is 2.34 bits per heavy atom. The summed E-state index contributed by atoms with van der Waals surface area (Å²) in [6, 6.07) is 14.5. The third-order valence-corrected chi connectivity index (χ3v) is 4.51. The van der Waals surface area contributed by atoms with Gasteiger partial charge in [0.1, 0.15) is 17.2 Å².